The van der Waals surface area contributed by atoms with Crippen molar-refractivity contribution in [3.8, 4) is 11.6 Å². The van der Waals surface area contributed by atoms with Gasteiger partial charge >= 0.3 is 0 Å². The summed E-state index contributed by atoms with van der Waals surface area (Å²) < 4.78 is 18.6. The molecule has 2 aliphatic rings. The number of benzene rings is 1. The number of aromatic nitrogens is 1. The Labute approximate surface area is 158 Å². The van der Waals surface area contributed by atoms with Gasteiger partial charge in [0.15, 0.2) is 0 Å². The molecule has 0 spiro atoms. The fraction of sp³-hybridized carbons (Fsp3) is 0.429. The smallest absolute Gasteiger partial charge is 0.220 e. The summed E-state index contributed by atoms with van der Waals surface area (Å²) in [6, 6.07) is 10.6. The average molecular weight is 369 g/mol. The highest BCUT2D eigenvalue weighted by Crippen LogP contribution is 2.32. The molecule has 6 heteroatoms. The van der Waals surface area contributed by atoms with E-state index in [-0.39, 0.29) is 11.7 Å². The molecule has 27 heavy (non-hydrogen) atoms. The van der Waals surface area contributed by atoms with Gasteiger partial charge in [0.25, 0.3) is 0 Å². The summed E-state index contributed by atoms with van der Waals surface area (Å²) in [6.45, 7) is 0.443. The van der Waals surface area contributed by atoms with Gasteiger partial charge in [-0.2, -0.15) is 0 Å². The van der Waals surface area contributed by atoms with E-state index >= 15 is 0 Å². The van der Waals surface area contributed by atoms with Gasteiger partial charge in [0.2, 0.25) is 11.8 Å². The zero-order valence-electron chi connectivity index (χ0n) is 15.2. The lowest BCUT2D eigenvalue weighted by Crippen LogP contribution is -2.39. The topological polar surface area (TPSA) is 63.2 Å². The average Bonchev–Trinajstić information content (AvgIpc) is 3.01. The van der Waals surface area contributed by atoms with Gasteiger partial charge in [-0.1, -0.05) is 0 Å². The first-order valence-electron chi connectivity index (χ1n) is 9.55. The first-order chi connectivity index (χ1) is 13.1. The number of carbonyl (C=O) groups is 1. The monoisotopic (exact) mass is 369 g/mol. The second-order valence-electron chi connectivity index (χ2n) is 7.51. The lowest BCUT2D eigenvalue weighted by molar-refractivity contribution is -0.122. The Morgan fingerprint density at radius 1 is 1.19 bits per heavy atom. The normalized spacial score (nSPS) is 23.8. The maximum atomic E-state index is 13.0. The van der Waals surface area contributed by atoms with Gasteiger partial charge in [0.05, 0.1) is 0 Å². The largest absolute Gasteiger partial charge is 0.439 e. The molecule has 2 atom stereocenters. The quantitative estimate of drug-likeness (QED) is 0.817. The van der Waals surface area contributed by atoms with Crippen LogP contribution in [-0.2, 0) is 11.3 Å². The Morgan fingerprint density at radius 2 is 1.93 bits per heavy atom. The van der Waals surface area contributed by atoms with E-state index in [1.807, 2.05) is 6.07 Å². The van der Waals surface area contributed by atoms with Gasteiger partial charge in [0, 0.05) is 37.3 Å². The Hall–Kier alpha value is -2.47. The highest BCUT2D eigenvalue weighted by Gasteiger charge is 2.34. The van der Waals surface area contributed by atoms with Crippen LogP contribution in [-0.4, -0.2) is 23.0 Å². The summed E-state index contributed by atoms with van der Waals surface area (Å²) in [4.78, 5) is 16.5. The van der Waals surface area contributed by atoms with Gasteiger partial charge in [-0.05, 0) is 67.5 Å². The minimum Gasteiger partial charge on any atom is -0.439 e. The molecule has 0 saturated carbocycles. The number of pyridine rings is 1. The molecule has 2 aliphatic heterocycles. The van der Waals surface area contributed by atoms with Crippen molar-refractivity contribution < 1.29 is 13.9 Å². The van der Waals surface area contributed by atoms with E-state index in [1.165, 1.54) is 25.0 Å². The summed E-state index contributed by atoms with van der Waals surface area (Å²) in [5, 5.41) is 6.61. The lowest BCUT2D eigenvalue weighted by Gasteiger charge is -2.28. The number of amides is 1. The van der Waals surface area contributed by atoms with Crippen LogP contribution in [0.3, 0.4) is 0 Å². The molecule has 1 amide bonds. The van der Waals surface area contributed by atoms with Crippen LogP contribution in [0.15, 0.2) is 42.6 Å². The van der Waals surface area contributed by atoms with Crippen molar-refractivity contribution in [2.75, 3.05) is 0 Å². The highest BCUT2D eigenvalue weighted by molar-refractivity contribution is 5.76. The van der Waals surface area contributed by atoms with Crippen molar-refractivity contribution >= 4 is 5.91 Å². The molecule has 2 bridgehead atoms. The molecule has 2 fully saturated rings. The number of fused-ring (bicyclic) bond motifs is 2. The minimum atomic E-state index is -0.312. The molecule has 0 radical (unpaired) electrons. The third-order valence-corrected chi connectivity index (χ3v) is 5.37. The van der Waals surface area contributed by atoms with E-state index in [4.69, 9.17) is 4.74 Å². The molecule has 2 aromatic rings. The molecule has 3 heterocycles. The predicted molar refractivity (Wildman–Crippen MR) is 99.8 cm³/mol. The van der Waals surface area contributed by atoms with E-state index < -0.39 is 0 Å². The number of hydrogen-bond donors (Lipinski definition) is 2. The van der Waals surface area contributed by atoms with Crippen LogP contribution >= 0.6 is 0 Å². The second-order valence-corrected chi connectivity index (χ2v) is 7.51. The van der Waals surface area contributed by atoms with Crippen molar-refractivity contribution in [1.29, 1.82) is 0 Å². The molecular formula is C21H24FN3O2. The Balaban J connectivity index is 1.28. The third kappa shape index (κ3) is 4.83. The van der Waals surface area contributed by atoms with Crippen LogP contribution in [0.5, 0.6) is 11.6 Å². The van der Waals surface area contributed by atoms with Gasteiger partial charge < -0.3 is 15.4 Å². The van der Waals surface area contributed by atoms with Crippen LogP contribution in [0.1, 0.15) is 37.7 Å². The summed E-state index contributed by atoms with van der Waals surface area (Å²) in [5.74, 6) is 1.21. The molecule has 1 aromatic carbocycles. The number of nitrogens with zero attached hydrogens (tertiary/aromatic N) is 1. The molecule has 142 valence electrons. The first-order valence-corrected chi connectivity index (χ1v) is 9.55. The SMILES string of the molecule is O=C(CC1CC2CCC(C1)N2)NCc1ccnc(Oc2ccc(F)cc2)c1. The maximum Gasteiger partial charge on any atom is 0.220 e. The van der Waals surface area contributed by atoms with Gasteiger partial charge in [-0.3, -0.25) is 4.79 Å². The number of ether oxygens (including phenoxy) is 1. The van der Waals surface area contributed by atoms with E-state index in [0.717, 1.165) is 18.4 Å². The number of carbonyl (C=O) groups excluding carboxylic acids is 1. The summed E-state index contributed by atoms with van der Waals surface area (Å²) in [7, 11) is 0. The van der Waals surface area contributed by atoms with Crippen molar-refractivity contribution in [1.82, 2.24) is 15.6 Å². The van der Waals surface area contributed by atoms with Crippen molar-refractivity contribution in [3.05, 3.63) is 54.0 Å². The first kappa shape index (κ1) is 17.9. The van der Waals surface area contributed by atoms with Gasteiger partial charge in [0.1, 0.15) is 11.6 Å². The second kappa shape index (κ2) is 8.05. The van der Waals surface area contributed by atoms with E-state index in [9.17, 15) is 9.18 Å². The Morgan fingerprint density at radius 3 is 2.67 bits per heavy atom. The lowest BCUT2D eigenvalue weighted by atomic mass is 9.89. The van der Waals surface area contributed by atoms with Crippen LogP contribution in [0.2, 0.25) is 0 Å². The molecule has 2 saturated heterocycles. The number of rotatable bonds is 6. The molecule has 1 aromatic heterocycles. The zero-order chi connectivity index (χ0) is 18.6. The number of nitrogens with one attached hydrogen (secondary N) is 2. The van der Waals surface area contributed by atoms with E-state index in [1.54, 1.807) is 24.4 Å². The molecular weight excluding hydrogens is 345 g/mol. The molecule has 5 nitrogen and oxygen atoms in total. The molecule has 0 aliphatic carbocycles. The van der Waals surface area contributed by atoms with Gasteiger partial charge in [-0.15, -0.1) is 0 Å². The fourth-order valence-electron chi connectivity index (χ4n) is 4.12. The number of halogens is 1. The van der Waals surface area contributed by atoms with Crippen molar-refractivity contribution in [2.24, 2.45) is 5.92 Å². The molecule has 4 rings (SSSR count). The maximum absolute atomic E-state index is 13.0. The Kier molecular flexibility index (Phi) is 5.34. The molecule has 2 N–H and O–H groups in total. The fourth-order valence-corrected chi connectivity index (χ4v) is 4.12. The minimum absolute atomic E-state index is 0.0964. The predicted octanol–water partition coefficient (Wildman–Crippen LogP) is 3.55. The number of hydrogen-bond acceptors (Lipinski definition) is 4. The van der Waals surface area contributed by atoms with Crippen LogP contribution in [0.4, 0.5) is 4.39 Å². The zero-order valence-corrected chi connectivity index (χ0v) is 15.2. The van der Waals surface area contributed by atoms with E-state index in [2.05, 4.69) is 15.6 Å². The Bertz CT molecular complexity index is 784. The van der Waals surface area contributed by atoms with Gasteiger partial charge in [-0.25, -0.2) is 9.37 Å². The summed E-state index contributed by atoms with van der Waals surface area (Å²) >= 11 is 0. The van der Waals surface area contributed by atoms with Crippen molar-refractivity contribution in [3.63, 3.8) is 0 Å². The van der Waals surface area contributed by atoms with Crippen molar-refractivity contribution in [2.45, 2.75) is 50.7 Å². The third-order valence-electron chi connectivity index (χ3n) is 5.37. The number of piperidine rings is 1. The van der Waals surface area contributed by atoms with E-state index in [0.29, 0.717) is 42.6 Å². The van der Waals surface area contributed by atoms with Crippen LogP contribution in [0, 0.1) is 11.7 Å². The standard InChI is InChI=1S/C21H24FN3O2/c22-16-1-5-19(6-2-16)27-21-12-14(7-8-23-21)13-24-20(26)11-15-9-17-3-4-18(10-15)25-17/h1-2,5-8,12,15,17-18,25H,3-4,9-11,13H2,(H,24,26). The summed E-state index contributed by atoms with van der Waals surface area (Å²) in [5.41, 5.74) is 0.917. The summed E-state index contributed by atoms with van der Waals surface area (Å²) in [6.07, 6.45) is 6.94. The highest BCUT2D eigenvalue weighted by atomic mass is 19.1. The van der Waals surface area contributed by atoms with Crippen LogP contribution in [0.25, 0.3) is 0 Å². The van der Waals surface area contributed by atoms with Crippen LogP contribution < -0.4 is 15.4 Å². The molecule has 2 unspecified atom stereocenters.